The second kappa shape index (κ2) is 6.49. The van der Waals surface area contributed by atoms with Crippen molar-refractivity contribution < 1.29 is 17.9 Å². The molecule has 1 fully saturated rings. The Hall–Kier alpha value is -0.530. The highest BCUT2D eigenvalue weighted by Gasteiger charge is 2.25. The SMILES string of the molecule is COc1c(S(=O)(=O)NC[C@H]2CCCO2)ccc(Cl)c1Cl. The van der Waals surface area contributed by atoms with Gasteiger partial charge in [-0.05, 0) is 25.0 Å². The summed E-state index contributed by atoms with van der Waals surface area (Å²) in [5.74, 6) is 0.0407. The first-order valence-electron chi connectivity index (χ1n) is 6.09. The van der Waals surface area contributed by atoms with Gasteiger partial charge in [0.25, 0.3) is 0 Å². The number of nitrogens with one attached hydrogen (secondary N) is 1. The first-order valence-corrected chi connectivity index (χ1v) is 8.33. The normalized spacial score (nSPS) is 19.2. The van der Waals surface area contributed by atoms with E-state index in [1.807, 2.05) is 0 Å². The minimum Gasteiger partial charge on any atom is -0.494 e. The molecule has 0 spiro atoms. The van der Waals surface area contributed by atoms with Crippen molar-refractivity contribution in [3.63, 3.8) is 0 Å². The van der Waals surface area contributed by atoms with Gasteiger partial charge in [0.2, 0.25) is 10.0 Å². The fourth-order valence-electron chi connectivity index (χ4n) is 2.00. The molecule has 1 N–H and O–H groups in total. The summed E-state index contributed by atoms with van der Waals surface area (Å²) in [5, 5.41) is 0.316. The molecule has 1 heterocycles. The van der Waals surface area contributed by atoms with E-state index in [0.29, 0.717) is 6.61 Å². The molecule has 1 atom stereocenters. The predicted octanol–water partition coefficient (Wildman–Crippen LogP) is 2.46. The van der Waals surface area contributed by atoms with E-state index in [0.717, 1.165) is 12.8 Å². The number of sulfonamides is 1. The molecular formula is C12H15Cl2NO4S. The third-order valence-corrected chi connectivity index (χ3v) is 5.27. The van der Waals surface area contributed by atoms with Gasteiger partial charge in [-0.2, -0.15) is 0 Å². The molecule has 1 aromatic rings. The highest BCUT2D eigenvalue weighted by Crippen LogP contribution is 2.37. The molecule has 20 heavy (non-hydrogen) atoms. The minimum atomic E-state index is -3.73. The Morgan fingerprint density at radius 2 is 2.20 bits per heavy atom. The van der Waals surface area contributed by atoms with Crippen molar-refractivity contribution in [3.05, 3.63) is 22.2 Å². The van der Waals surface area contributed by atoms with Gasteiger partial charge in [-0.25, -0.2) is 13.1 Å². The molecule has 1 saturated heterocycles. The van der Waals surface area contributed by atoms with Gasteiger partial charge in [0.15, 0.2) is 5.75 Å². The molecule has 0 bridgehead atoms. The van der Waals surface area contributed by atoms with E-state index < -0.39 is 10.0 Å². The van der Waals surface area contributed by atoms with Gasteiger partial charge in [-0.1, -0.05) is 23.2 Å². The number of benzene rings is 1. The van der Waals surface area contributed by atoms with E-state index >= 15 is 0 Å². The van der Waals surface area contributed by atoms with Crippen molar-refractivity contribution in [2.45, 2.75) is 23.8 Å². The van der Waals surface area contributed by atoms with Gasteiger partial charge >= 0.3 is 0 Å². The zero-order valence-corrected chi connectivity index (χ0v) is 13.2. The summed E-state index contributed by atoms with van der Waals surface area (Å²) >= 11 is 11.8. The molecule has 0 radical (unpaired) electrons. The van der Waals surface area contributed by atoms with Crippen LogP contribution in [0.1, 0.15) is 12.8 Å². The van der Waals surface area contributed by atoms with Crippen molar-refractivity contribution >= 4 is 33.2 Å². The summed E-state index contributed by atoms with van der Waals surface area (Å²) in [5.41, 5.74) is 0. The third kappa shape index (κ3) is 3.38. The van der Waals surface area contributed by atoms with Crippen molar-refractivity contribution in [3.8, 4) is 5.75 Å². The topological polar surface area (TPSA) is 64.6 Å². The zero-order valence-electron chi connectivity index (χ0n) is 10.9. The van der Waals surface area contributed by atoms with E-state index in [2.05, 4.69) is 4.72 Å². The van der Waals surface area contributed by atoms with E-state index in [-0.39, 0.29) is 33.3 Å². The number of ether oxygens (including phenoxy) is 2. The quantitative estimate of drug-likeness (QED) is 0.894. The average Bonchev–Trinajstić information content (AvgIpc) is 2.92. The monoisotopic (exact) mass is 339 g/mol. The summed E-state index contributed by atoms with van der Waals surface area (Å²) in [7, 11) is -2.38. The van der Waals surface area contributed by atoms with Crippen LogP contribution < -0.4 is 9.46 Å². The molecule has 5 nitrogen and oxygen atoms in total. The predicted molar refractivity (Wildman–Crippen MR) is 77.2 cm³/mol. The van der Waals surface area contributed by atoms with Crippen molar-refractivity contribution in [1.82, 2.24) is 4.72 Å². The summed E-state index contributed by atoms with van der Waals surface area (Å²) in [6, 6.07) is 2.79. The highest BCUT2D eigenvalue weighted by atomic mass is 35.5. The van der Waals surface area contributed by atoms with E-state index in [1.54, 1.807) is 0 Å². The second-order valence-electron chi connectivity index (χ2n) is 4.38. The van der Waals surface area contributed by atoms with E-state index in [4.69, 9.17) is 32.7 Å². The highest BCUT2D eigenvalue weighted by molar-refractivity contribution is 7.89. The lowest BCUT2D eigenvalue weighted by molar-refractivity contribution is 0.114. The summed E-state index contributed by atoms with van der Waals surface area (Å²) in [4.78, 5) is -0.0348. The Labute approximate surface area is 128 Å². The number of rotatable bonds is 5. The smallest absolute Gasteiger partial charge is 0.244 e. The van der Waals surface area contributed by atoms with Crippen LogP contribution in [0.2, 0.25) is 10.0 Å². The van der Waals surface area contributed by atoms with Gasteiger partial charge in [0.1, 0.15) is 9.92 Å². The fourth-order valence-corrected chi connectivity index (χ4v) is 3.69. The van der Waals surface area contributed by atoms with E-state index in [9.17, 15) is 8.42 Å². The van der Waals surface area contributed by atoms with Crippen LogP contribution in [0.25, 0.3) is 0 Å². The van der Waals surface area contributed by atoms with Crippen LogP contribution in [0.4, 0.5) is 0 Å². The Morgan fingerprint density at radius 3 is 2.80 bits per heavy atom. The molecule has 0 aromatic heterocycles. The van der Waals surface area contributed by atoms with Crippen LogP contribution in [0.5, 0.6) is 5.75 Å². The summed E-state index contributed by atoms with van der Waals surface area (Å²) < 4.78 is 37.5. The van der Waals surface area contributed by atoms with Crippen molar-refractivity contribution in [1.29, 1.82) is 0 Å². The number of halogens is 2. The molecule has 0 saturated carbocycles. The molecule has 0 aliphatic carbocycles. The van der Waals surface area contributed by atoms with E-state index in [1.165, 1.54) is 19.2 Å². The number of methoxy groups -OCH3 is 1. The first kappa shape index (κ1) is 15.9. The van der Waals surface area contributed by atoms with Gasteiger partial charge in [0.05, 0.1) is 18.2 Å². The fraction of sp³-hybridized carbons (Fsp3) is 0.500. The Balaban J connectivity index is 2.22. The first-order chi connectivity index (χ1) is 9.45. The van der Waals surface area contributed by atoms with Gasteiger partial charge in [-0.3, -0.25) is 0 Å². The van der Waals surface area contributed by atoms with Crippen LogP contribution >= 0.6 is 23.2 Å². The van der Waals surface area contributed by atoms with Crippen LogP contribution in [0, 0.1) is 0 Å². The molecule has 8 heteroatoms. The minimum absolute atomic E-state index is 0.0348. The van der Waals surface area contributed by atoms with Gasteiger partial charge in [-0.15, -0.1) is 0 Å². The summed E-state index contributed by atoms with van der Waals surface area (Å²) in [6.07, 6.45) is 1.71. The largest absolute Gasteiger partial charge is 0.494 e. The van der Waals surface area contributed by atoms with Crippen LogP contribution in [-0.2, 0) is 14.8 Å². The molecule has 0 amide bonds. The van der Waals surface area contributed by atoms with Gasteiger partial charge in [0, 0.05) is 13.2 Å². The molecule has 1 aromatic carbocycles. The Kier molecular flexibility index (Phi) is 5.14. The number of hydrogen-bond acceptors (Lipinski definition) is 4. The number of hydrogen-bond donors (Lipinski definition) is 1. The third-order valence-electron chi connectivity index (χ3n) is 3.03. The second-order valence-corrected chi connectivity index (χ2v) is 6.90. The summed E-state index contributed by atoms with van der Waals surface area (Å²) in [6.45, 7) is 0.897. The lowest BCUT2D eigenvalue weighted by Gasteiger charge is -2.14. The maximum atomic E-state index is 12.3. The lowest BCUT2D eigenvalue weighted by Crippen LogP contribution is -2.32. The lowest BCUT2D eigenvalue weighted by atomic mass is 10.2. The zero-order chi connectivity index (χ0) is 14.8. The van der Waals surface area contributed by atoms with Crippen molar-refractivity contribution in [2.24, 2.45) is 0 Å². The molecule has 0 unspecified atom stereocenters. The van der Waals surface area contributed by atoms with Crippen LogP contribution in [-0.4, -0.2) is 34.8 Å². The Bertz CT molecular complexity index is 585. The standard InChI is InChI=1S/C12H15Cl2NO4S/c1-18-12-10(5-4-9(13)11(12)14)20(16,17)15-7-8-3-2-6-19-8/h4-5,8,15H,2-3,6-7H2,1H3/t8-/m1/s1. The molecule has 2 rings (SSSR count). The van der Waals surface area contributed by atoms with Crippen LogP contribution in [0.3, 0.4) is 0 Å². The maximum absolute atomic E-state index is 12.3. The van der Waals surface area contributed by atoms with Gasteiger partial charge < -0.3 is 9.47 Å². The molecule has 1 aliphatic heterocycles. The van der Waals surface area contributed by atoms with Crippen molar-refractivity contribution in [2.75, 3.05) is 20.3 Å². The maximum Gasteiger partial charge on any atom is 0.244 e. The van der Waals surface area contributed by atoms with Crippen LogP contribution in [0.15, 0.2) is 17.0 Å². The molecule has 1 aliphatic rings. The Morgan fingerprint density at radius 1 is 1.45 bits per heavy atom. The molecular weight excluding hydrogens is 325 g/mol. The average molecular weight is 340 g/mol. The molecule has 112 valence electrons.